The van der Waals surface area contributed by atoms with Gasteiger partial charge in [0.15, 0.2) is 0 Å². The van der Waals surface area contributed by atoms with Crippen molar-refractivity contribution in [3.05, 3.63) is 29.3 Å². The van der Waals surface area contributed by atoms with Crippen molar-refractivity contribution >= 4 is 33.2 Å². The van der Waals surface area contributed by atoms with E-state index in [-0.39, 0.29) is 5.38 Å². The number of rotatable bonds is 5. The molecule has 1 N–H and O–H groups in total. The first-order chi connectivity index (χ1) is 8.15. The van der Waals surface area contributed by atoms with E-state index in [0.29, 0.717) is 6.04 Å². The Kier molecular flexibility index (Phi) is 4.37. The van der Waals surface area contributed by atoms with Crippen molar-refractivity contribution < 1.29 is 0 Å². The largest absolute Gasteiger partial charge is 0.308 e. The molecule has 2 atom stereocenters. The summed E-state index contributed by atoms with van der Waals surface area (Å²) in [5.74, 6) is 0. The number of fused-ring (bicyclic) bond motifs is 1. The second-order valence-corrected chi connectivity index (χ2v) is 6.23. The summed E-state index contributed by atoms with van der Waals surface area (Å²) in [6.45, 7) is 5.01. The minimum Gasteiger partial charge on any atom is -0.308 e. The van der Waals surface area contributed by atoms with E-state index in [2.05, 4.69) is 35.4 Å². The van der Waals surface area contributed by atoms with E-state index in [4.69, 9.17) is 11.6 Å². The molecule has 0 fully saturated rings. The number of hydrogen-bond donors (Lipinski definition) is 1. The summed E-state index contributed by atoms with van der Waals surface area (Å²) in [6.07, 6.45) is 0.979. The van der Waals surface area contributed by atoms with E-state index < -0.39 is 0 Å². The van der Waals surface area contributed by atoms with Crippen molar-refractivity contribution in [3.63, 3.8) is 0 Å². The lowest BCUT2D eigenvalue weighted by atomic mass is 10.2. The van der Waals surface area contributed by atoms with Crippen LogP contribution in [-0.4, -0.2) is 16.4 Å². The molecule has 1 aromatic heterocycles. The number of benzene rings is 1. The highest BCUT2D eigenvalue weighted by molar-refractivity contribution is 7.18. The molecule has 2 rings (SSSR count). The van der Waals surface area contributed by atoms with Crippen LogP contribution in [0.1, 0.15) is 25.3 Å². The Bertz CT molecular complexity index is 448. The first-order valence-electron chi connectivity index (χ1n) is 5.87. The van der Waals surface area contributed by atoms with Gasteiger partial charge in [-0.25, -0.2) is 4.98 Å². The van der Waals surface area contributed by atoms with Gasteiger partial charge in [0.25, 0.3) is 0 Å². The lowest BCUT2D eigenvalue weighted by Gasteiger charge is -2.13. The maximum absolute atomic E-state index is 5.97. The van der Waals surface area contributed by atoms with Gasteiger partial charge >= 0.3 is 0 Å². The number of nitrogens with one attached hydrogen (secondary N) is 1. The molecule has 1 heterocycles. The molecule has 1 aromatic carbocycles. The monoisotopic (exact) mass is 268 g/mol. The third-order valence-corrected chi connectivity index (χ3v) is 3.83. The molecule has 0 aliphatic carbocycles. The molecule has 2 unspecified atom stereocenters. The molecule has 0 saturated heterocycles. The fourth-order valence-corrected chi connectivity index (χ4v) is 3.01. The lowest BCUT2D eigenvalue weighted by Crippen LogP contribution is -2.27. The van der Waals surface area contributed by atoms with Gasteiger partial charge in [0.2, 0.25) is 0 Å². The third-order valence-electron chi connectivity index (χ3n) is 2.62. The van der Waals surface area contributed by atoms with E-state index in [0.717, 1.165) is 23.5 Å². The van der Waals surface area contributed by atoms with Crippen LogP contribution in [0.15, 0.2) is 24.3 Å². The van der Waals surface area contributed by atoms with Gasteiger partial charge in [0, 0.05) is 18.0 Å². The highest BCUT2D eigenvalue weighted by Crippen LogP contribution is 2.21. The van der Waals surface area contributed by atoms with Gasteiger partial charge in [-0.3, -0.25) is 0 Å². The van der Waals surface area contributed by atoms with Gasteiger partial charge in [0.1, 0.15) is 5.01 Å². The minimum absolute atomic E-state index is 0.216. The summed E-state index contributed by atoms with van der Waals surface area (Å²) >= 11 is 7.72. The average molecular weight is 269 g/mol. The Balaban J connectivity index is 1.95. The van der Waals surface area contributed by atoms with Crippen LogP contribution in [0, 0.1) is 0 Å². The molecule has 0 radical (unpaired) electrons. The Morgan fingerprint density at radius 2 is 2.12 bits per heavy atom. The second kappa shape index (κ2) is 5.80. The van der Waals surface area contributed by atoms with Crippen molar-refractivity contribution in [3.8, 4) is 0 Å². The smallest absolute Gasteiger partial charge is 0.108 e. The quantitative estimate of drug-likeness (QED) is 0.835. The molecule has 4 heteroatoms. The summed E-state index contributed by atoms with van der Waals surface area (Å²) in [4.78, 5) is 4.59. The SMILES string of the molecule is CC(Cl)CC(C)NCc1nc2ccccc2s1. The number of halogens is 1. The van der Waals surface area contributed by atoms with Crippen molar-refractivity contribution in [2.45, 2.75) is 38.2 Å². The summed E-state index contributed by atoms with van der Waals surface area (Å²) in [6, 6.07) is 8.67. The Labute approximate surface area is 111 Å². The van der Waals surface area contributed by atoms with E-state index in [9.17, 15) is 0 Å². The van der Waals surface area contributed by atoms with Crippen LogP contribution in [0.3, 0.4) is 0 Å². The Morgan fingerprint density at radius 1 is 1.35 bits per heavy atom. The van der Waals surface area contributed by atoms with E-state index in [1.165, 1.54) is 4.70 Å². The number of nitrogens with zero attached hydrogens (tertiary/aromatic N) is 1. The number of para-hydroxylation sites is 1. The number of hydrogen-bond acceptors (Lipinski definition) is 3. The van der Waals surface area contributed by atoms with Crippen molar-refractivity contribution in [1.29, 1.82) is 0 Å². The summed E-state index contributed by atoms with van der Waals surface area (Å²) in [5.41, 5.74) is 1.09. The molecule has 17 heavy (non-hydrogen) atoms. The zero-order valence-corrected chi connectivity index (χ0v) is 11.7. The molecule has 2 nitrogen and oxygen atoms in total. The van der Waals surface area contributed by atoms with Gasteiger partial charge in [-0.05, 0) is 32.4 Å². The molecule has 0 amide bonds. The maximum Gasteiger partial charge on any atom is 0.108 e. The van der Waals surface area contributed by atoms with Crippen LogP contribution in [-0.2, 0) is 6.54 Å². The molecule has 2 aromatic rings. The predicted molar refractivity (Wildman–Crippen MR) is 75.9 cm³/mol. The first kappa shape index (κ1) is 12.8. The minimum atomic E-state index is 0.216. The molecule has 0 bridgehead atoms. The summed E-state index contributed by atoms with van der Waals surface area (Å²) < 4.78 is 1.25. The average Bonchev–Trinajstić information content (AvgIpc) is 2.68. The van der Waals surface area contributed by atoms with Crippen LogP contribution in [0.2, 0.25) is 0 Å². The van der Waals surface area contributed by atoms with Crippen molar-refractivity contribution in [1.82, 2.24) is 10.3 Å². The topological polar surface area (TPSA) is 24.9 Å². The zero-order chi connectivity index (χ0) is 12.3. The van der Waals surface area contributed by atoms with Gasteiger partial charge in [-0.15, -0.1) is 22.9 Å². The Hall–Kier alpha value is -0.640. The summed E-state index contributed by atoms with van der Waals surface area (Å²) in [7, 11) is 0. The van der Waals surface area contributed by atoms with Crippen LogP contribution in [0.5, 0.6) is 0 Å². The van der Waals surface area contributed by atoms with Gasteiger partial charge < -0.3 is 5.32 Å². The molecule has 0 aliphatic heterocycles. The second-order valence-electron chi connectivity index (χ2n) is 4.37. The van der Waals surface area contributed by atoms with Gasteiger partial charge in [0.05, 0.1) is 10.2 Å². The number of alkyl halides is 1. The lowest BCUT2D eigenvalue weighted by molar-refractivity contribution is 0.511. The summed E-state index contributed by atoms with van der Waals surface area (Å²) in [5, 5.41) is 4.81. The first-order valence-corrected chi connectivity index (χ1v) is 7.12. The Morgan fingerprint density at radius 3 is 2.82 bits per heavy atom. The van der Waals surface area contributed by atoms with Crippen LogP contribution < -0.4 is 5.32 Å². The standard InChI is InChI=1S/C13H17ClN2S/c1-9(14)7-10(2)15-8-13-16-11-5-3-4-6-12(11)17-13/h3-6,9-10,15H,7-8H2,1-2H3. The zero-order valence-electron chi connectivity index (χ0n) is 10.1. The molecule has 92 valence electrons. The van der Waals surface area contributed by atoms with E-state index >= 15 is 0 Å². The maximum atomic E-state index is 5.97. The third kappa shape index (κ3) is 3.66. The molecule has 0 spiro atoms. The highest BCUT2D eigenvalue weighted by atomic mass is 35.5. The van der Waals surface area contributed by atoms with E-state index in [1.54, 1.807) is 11.3 Å². The van der Waals surface area contributed by atoms with Crippen LogP contribution in [0.4, 0.5) is 0 Å². The molecule has 0 aliphatic rings. The molecular formula is C13H17ClN2S. The highest BCUT2D eigenvalue weighted by Gasteiger charge is 2.07. The number of aromatic nitrogens is 1. The van der Waals surface area contributed by atoms with Crippen molar-refractivity contribution in [2.75, 3.05) is 0 Å². The molecular weight excluding hydrogens is 252 g/mol. The normalized spacial score (nSPS) is 15.0. The fourth-order valence-electron chi connectivity index (χ4n) is 1.83. The number of thiazole rings is 1. The van der Waals surface area contributed by atoms with Gasteiger partial charge in [-0.1, -0.05) is 12.1 Å². The van der Waals surface area contributed by atoms with Gasteiger partial charge in [-0.2, -0.15) is 0 Å². The van der Waals surface area contributed by atoms with Crippen LogP contribution >= 0.6 is 22.9 Å². The van der Waals surface area contributed by atoms with Crippen molar-refractivity contribution in [2.24, 2.45) is 0 Å². The fraction of sp³-hybridized carbons (Fsp3) is 0.462. The predicted octanol–water partition coefficient (Wildman–Crippen LogP) is 3.79. The molecule has 0 saturated carbocycles. The van der Waals surface area contributed by atoms with Crippen LogP contribution in [0.25, 0.3) is 10.2 Å². The van der Waals surface area contributed by atoms with E-state index in [1.807, 2.05) is 13.0 Å².